The van der Waals surface area contributed by atoms with E-state index in [2.05, 4.69) is 4.98 Å². The van der Waals surface area contributed by atoms with Crippen LogP contribution >= 0.6 is 0 Å². The molecule has 3 nitrogen and oxygen atoms in total. The minimum Gasteiger partial charge on any atom is -0.393 e. The molecule has 0 spiro atoms. The molecule has 2 rings (SSSR count). The number of aliphatic hydroxyl groups excluding tert-OH is 1. The summed E-state index contributed by atoms with van der Waals surface area (Å²) in [5.41, 5.74) is 7.95. The zero-order valence-corrected chi connectivity index (χ0v) is 8.40. The molecule has 0 amide bonds. The normalized spacial score (nSPS) is 31.2. The Morgan fingerprint density at radius 3 is 2.86 bits per heavy atom. The topological polar surface area (TPSA) is 59.1 Å². The molecule has 1 fully saturated rings. The second kappa shape index (κ2) is 3.33. The van der Waals surface area contributed by atoms with Crippen LogP contribution < -0.4 is 5.73 Å². The first-order valence-electron chi connectivity index (χ1n) is 4.98. The van der Waals surface area contributed by atoms with Crippen LogP contribution in [0.15, 0.2) is 18.3 Å². The number of rotatable bonds is 2. The Morgan fingerprint density at radius 2 is 2.36 bits per heavy atom. The second-order valence-corrected chi connectivity index (χ2v) is 4.22. The number of hydrogen-bond donors (Lipinski definition) is 2. The summed E-state index contributed by atoms with van der Waals surface area (Å²) in [7, 11) is 0. The van der Waals surface area contributed by atoms with Crippen molar-refractivity contribution in [2.24, 2.45) is 5.73 Å². The smallest absolute Gasteiger partial charge is 0.0559 e. The Morgan fingerprint density at radius 1 is 1.64 bits per heavy atom. The number of hydrogen-bond acceptors (Lipinski definition) is 3. The summed E-state index contributed by atoms with van der Waals surface area (Å²) in [6, 6.07) is 3.97. The molecule has 0 bridgehead atoms. The largest absolute Gasteiger partial charge is 0.393 e. The van der Waals surface area contributed by atoms with Crippen LogP contribution in [0.25, 0.3) is 0 Å². The summed E-state index contributed by atoms with van der Waals surface area (Å²) in [6.45, 7) is 2.62. The third kappa shape index (κ3) is 1.33. The summed E-state index contributed by atoms with van der Waals surface area (Å²) in [4.78, 5) is 4.39. The van der Waals surface area contributed by atoms with E-state index in [4.69, 9.17) is 5.73 Å². The van der Waals surface area contributed by atoms with Crippen molar-refractivity contribution >= 4 is 0 Å². The van der Waals surface area contributed by atoms with Gasteiger partial charge in [-0.2, -0.15) is 0 Å². The van der Waals surface area contributed by atoms with Crippen molar-refractivity contribution in [3.05, 3.63) is 29.6 Å². The van der Waals surface area contributed by atoms with Gasteiger partial charge in [-0.25, -0.2) is 0 Å². The Bertz CT molecular complexity index is 332. The van der Waals surface area contributed by atoms with E-state index in [-0.39, 0.29) is 11.5 Å². The Hall–Kier alpha value is -0.930. The Labute approximate surface area is 84.0 Å². The lowest BCUT2D eigenvalue weighted by atomic mass is 9.64. The van der Waals surface area contributed by atoms with Gasteiger partial charge in [-0.1, -0.05) is 6.07 Å². The predicted molar refractivity (Wildman–Crippen MR) is 54.9 cm³/mol. The van der Waals surface area contributed by atoms with Gasteiger partial charge in [0.15, 0.2) is 0 Å². The number of pyridine rings is 1. The average Bonchev–Trinajstić information content (AvgIpc) is 2.14. The first kappa shape index (κ1) is 9.62. The summed E-state index contributed by atoms with van der Waals surface area (Å²) in [6.07, 6.45) is 3.10. The van der Waals surface area contributed by atoms with E-state index in [0.717, 1.165) is 18.5 Å². The van der Waals surface area contributed by atoms with Crippen LogP contribution in [0.5, 0.6) is 0 Å². The maximum atomic E-state index is 9.38. The van der Waals surface area contributed by atoms with Crippen LogP contribution in [-0.4, -0.2) is 22.7 Å². The van der Waals surface area contributed by atoms with Gasteiger partial charge >= 0.3 is 0 Å². The molecule has 3 N–H and O–H groups in total. The average molecular weight is 192 g/mol. The van der Waals surface area contributed by atoms with Gasteiger partial charge in [0.05, 0.1) is 11.8 Å². The molecule has 1 aliphatic carbocycles. The van der Waals surface area contributed by atoms with Gasteiger partial charge in [0.2, 0.25) is 0 Å². The Kier molecular flexibility index (Phi) is 2.29. The van der Waals surface area contributed by atoms with Gasteiger partial charge in [0.25, 0.3) is 0 Å². The SMILES string of the molecule is Cc1cccnc1C1(CN)CC(O)C1. The molecule has 14 heavy (non-hydrogen) atoms. The van der Waals surface area contributed by atoms with Gasteiger partial charge in [-0.05, 0) is 31.4 Å². The van der Waals surface area contributed by atoms with Crippen LogP contribution in [0.2, 0.25) is 0 Å². The third-order valence-corrected chi connectivity index (χ3v) is 3.16. The van der Waals surface area contributed by atoms with Gasteiger partial charge in [-0.3, -0.25) is 4.98 Å². The highest BCUT2D eigenvalue weighted by atomic mass is 16.3. The van der Waals surface area contributed by atoms with E-state index in [0.29, 0.717) is 6.54 Å². The molecule has 0 radical (unpaired) electrons. The fourth-order valence-corrected chi connectivity index (χ4v) is 2.34. The molecular formula is C11H16N2O. The summed E-state index contributed by atoms with van der Waals surface area (Å²) >= 11 is 0. The third-order valence-electron chi connectivity index (χ3n) is 3.16. The number of nitrogens with zero attached hydrogens (tertiary/aromatic N) is 1. The quantitative estimate of drug-likeness (QED) is 0.726. The molecule has 0 unspecified atom stereocenters. The van der Waals surface area contributed by atoms with Crippen molar-refractivity contribution < 1.29 is 5.11 Å². The molecule has 0 aromatic carbocycles. The zero-order valence-electron chi connectivity index (χ0n) is 8.40. The molecule has 1 heterocycles. The lowest BCUT2D eigenvalue weighted by molar-refractivity contribution is 0.0197. The van der Waals surface area contributed by atoms with Crippen molar-refractivity contribution in [2.45, 2.75) is 31.3 Å². The maximum Gasteiger partial charge on any atom is 0.0559 e. The van der Waals surface area contributed by atoms with Crippen LogP contribution in [0.4, 0.5) is 0 Å². The lowest BCUT2D eigenvalue weighted by Gasteiger charge is -2.44. The van der Waals surface area contributed by atoms with Crippen LogP contribution in [0.3, 0.4) is 0 Å². The van der Waals surface area contributed by atoms with Crippen LogP contribution in [-0.2, 0) is 5.41 Å². The first-order chi connectivity index (χ1) is 6.68. The lowest BCUT2D eigenvalue weighted by Crippen LogP contribution is -2.50. The van der Waals surface area contributed by atoms with Gasteiger partial charge < -0.3 is 10.8 Å². The maximum absolute atomic E-state index is 9.38. The number of aliphatic hydroxyl groups is 1. The van der Waals surface area contributed by atoms with E-state index in [9.17, 15) is 5.11 Å². The molecule has 1 aromatic heterocycles. The second-order valence-electron chi connectivity index (χ2n) is 4.22. The van der Waals surface area contributed by atoms with Crippen molar-refractivity contribution in [2.75, 3.05) is 6.54 Å². The highest BCUT2D eigenvalue weighted by molar-refractivity contribution is 5.30. The van der Waals surface area contributed by atoms with E-state index < -0.39 is 0 Å². The summed E-state index contributed by atoms with van der Waals surface area (Å²) < 4.78 is 0. The molecule has 3 heteroatoms. The minimum atomic E-state index is -0.194. The van der Waals surface area contributed by atoms with Gasteiger partial charge in [0, 0.05) is 18.2 Å². The monoisotopic (exact) mass is 192 g/mol. The molecular weight excluding hydrogens is 176 g/mol. The van der Waals surface area contributed by atoms with Crippen LogP contribution in [0.1, 0.15) is 24.1 Å². The number of aromatic nitrogens is 1. The molecule has 1 aliphatic rings. The number of nitrogens with two attached hydrogens (primary N) is 1. The van der Waals surface area contributed by atoms with E-state index in [1.54, 1.807) is 6.20 Å². The first-order valence-corrected chi connectivity index (χ1v) is 4.98. The highest BCUT2D eigenvalue weighted by Crippen LogP contribution is 2.43. The Balaban J connectivity index is 2.34. The van der Waals surface area contributed by atoms with Crippen molar-refractivity contribution in [3.63, 3.8) is 0 Å². The highest BCUT2D eigenvalue weighted by Gasteiger charge is 2.45. The fraction of sp³-hybridized carbons (Fsp3) is 0.545. The zero-order chi connectivity index (χ0) is 10.2. The van der Waals surface area contributed by atoms with Crippen LogP contribution in [0, 0.1) is 6.92 Å². The summed E-state index contributed by atoms with van der Waals surface area (Å²) in [5.74, 6) is 0. The molecule has 0 aliphatic heterocycles. The van der Waals surface area contributed by atoms with E-state index in [1.807, 2.05) is 19.1 Å². The fourth-order valence-electron chi connectivity index (χ4n) is 2.34. The van der Waals surface area contributed by atoms with Gasteiger partial charge in [-0.15, -0.1) is 0 Å². The van der Waals surface area contributed by atoms with Crippen molar-refractivity contribution in [1.29, 1.82) is 0 Å². The molecule has 0 atom stereocenters. The minimum absolute atomic E-state index is 0.0647. The number of aryl methyl sites for hydroxylation is 1. The predicted octanol–water partition coefficient (Wildman–Crippen LogP) is 0.741. The van der Waals surface area contributed by atoms with E-state index in [1.165, 1.54) is 5.56 Å². The van der Waals surface area contributed by atoms with Crippen molar-refractivity contribution in [3.8, 4) is 0 Å². The van der Waals surface area contributed by atoms with E-state index >= 15 is 0 Å². The standard InChI is InChI=1S/C11H16N2O/c1-8-3-2-4-13-10(8)11(7-12)5-9(14)6-11/h2-4,9,14H,5-7,12H2,1H3. The molecule has 1 aromatic rings. The van der Waals surface area contributed by atoms with Crippen molar-refractivity contribution in [1.82, 2.24) is 4.98 Å². The molecule has 0 saturated heterocycles. The van der Waals surface area contributed by atoms with Gasteiger partial charge in [0.1, 0.15) is 0 Å². The summed E-state index contributed by atoms with van der Waals surface area (Å²) in [5, 5.41) is 9.38. The molecule has 76 valence electrons. The molecule has 1 saturated carbocycles.